The van der Waals surface area contributed by atoms with Crippen LogP contribution in [0.2, 0.25) is 0 Å². The zero-order valence-electron chi connectivity index (χ0n) is 20.3. The quantitative estimate of drug-likeness (QED) is 0.307. The molecule has 5 heteroatoms. The smallest absolute Gasteiger partial charge is 0.242 e. The molecule has 0 unspecified atom stereocenters. The van der Waals surface area contributed by atoms with Crippen LogP contribution in [-0.4, -0.2) is 34.7 Å². The summed E-state index contributed by atoms with van der Waals surface area (Å²) < 4.78 is 0. The van der Waals surface area contributed by atoms with Gasteiger partial charge >= 0.3 is 0 Å². The van der Waals surface area contributed by atoms with Gasteiger partial charge in [-0.05, 0) is 37.0 Å². The van der Waals surface area contributed by atoms with Crippen molar-refractivity contribution in [1.29, 1.82) is 0 Å². The zero-order chi connectivity index (χ0) is 23.3. The van der Waals surface area contributed by atoms with E-state index in [-0.39, 0.29) is 18.4 Å². The Kier molecular flexibility index (Phi) is 11.5. The number of aryl methyl sites for hydroxylation is 1. The first-order valence-electron chi connectivity index (χ1n) is 12.1. The van der Waals surface area contributed by atoms with Gasteiger partial charge in [0.1, 0.15) is 0 Å². The summed E-state index contributed by atoms with van der Waals surface area (Å²) in [5.74, 6) is 0.511. The normalized spacial score (nSPS) is 11.9. The summed E-state index contributed by atoms with van der Waals surface area (Å²) in [6, 6.07) is 14.3. The number of hydrogen-bond acceptors (Lipinski definition) is 3. The minimum absolute atomic E-state index is 0.0186. The monoisotopic (exact) mass is 456 g/mol. The highest BCUT2D eigenvalue weighted by Crippen LogP contribution is 2.19. The highest BCUT2D eigenvalue weighted by Gasteiger charge is 2.23. The molecule has 0 aliphatic rings. The summed E-state index contributed by atoms with van der Waals surface area (Å²) >= 11 is 1.72. The molecule has 0 aliphatic carbocycles. The molecule has 0 spiro atoms. The van der Waals surface area contributed by atoms with Crippen LogP contribution in [0, 0.1) is 12.8 Å². The Labute approximate surface area is 198 Å². The van der Waals surface area contributed by atoms with Crippen LogP contribution in [-0.2, 0) is 22.7 Å². The number of carbonyl (C=O) groups excluding carboxylic acids is 2. The summed E-state index contributed by atoms with van der Waals surface area (Å²) in [5, 5.41) is 0. The zero-order valence-corrected chi connectivity index (χ0v) is 21.1. The second-order valence-corrected chi connectivity index (χ2v) is 10.2. The predicted octanol–water partition coefficient (Wildman–Crippen LogP) is 6.43. The van der Waals surface area contributed by atoms with Gasteiger partial charge in [-0.15, -0.1) is 11.3 Å². The van der Waals surface area contributed by atoms with E-state index >= 15 is 0 Å². The fourth-order valence-electron chi connectivity index (χ4n) is 3.68. The fraction of sp³-hybridized carbons (Fsp3) is 0.556. The molecule has 1 aromatic heterocycles. The van der Waals surface area contributed by atoms with Gasteiger partial charge in [0.2, 0.25) is 11.8 Å². The lowest BCUT2D eigenvalue weighted by molar-refractivity contribution is -0.141. The largest absolute Gasteiger partial charge is 0.333 e. The molecule has 0 radical (unpaired) electrons. The molecule has 0 N–H and O–H groups in total. The number of hydrogen-bond donors (Lipinski definition) is 0. The fourth-order valence-corrected chi connectivity index (χ4v) is 4.58. The number of rotatable bonds is 14. The van der Waals surface area contributed by atoms with Crippen LogP contribution in [0.25, 0.3) is 0 Å². The van der Waals surface area contributed by atoms with Crippen molar-refractivity contribution in [3.05, 3.63) is 57.8 Å². The van der Waals surface area contributed by atoms with Gasteiger partial charge in [0.15, 0.2) is 0 Å². The summed E-state index contributed by atoms with van der Waals surface area (Å²) in [6.07, 6.45) is 5.82. The van der Waals surface area contributed by atoms with E-state index in [1.165, 1.54) is 9.75 Å². The van der Waals surface area contributed by atoms with Gasteiger partial charge in [-0.3, -0.25) is 9.59 Å². The lowest BCUT2D eigenvalue weighted by Crippen LogP contribution is -2.44. The van der Waals surface area contributed by atoms with E-state index in [9.17, 15) is 9.59 Å². The van der Waals surface area contributed by atoms with Gasteiger partial charge in [0.05, 0.1) is 13.1 Å². The Bertz CT molecular complexity index is 818. The molecule has 2 aromatic rings. The first kappa shape index (κ1) is 26.1. The van der Waals surface area contributed by atoms with Crippen molar-refractivity contribution < 1.29 is 9.59 Å². The molecule has 2 rings (SSSR count). The molecule has 176 valence electrons. The summed E-state index contributed by atoms with van der Waals surface area (Å²) in [7, 11) is 0. The van der Waals surface area contributed by atoms with Crippen molar-refractivity contribution in [2.75, 3.05) is 13.1 Å². The maximum atomic E-state index is 13.5. The van der Waals surface area contributed by atoms with Crippen LogP contribution in [0.15, 0.2) is 42.5 Å². The second-order valence-electron chi connectivity index (χ2n) is 8.85. The number of amides is 2. The van der Waals surface area contributed by atoms with Crippen molar-refractivity contribution in [3.8, 4) is 0 Å². The molecule has 32 heavy (non-hydrogen) atoms. The third kappa shape index (κ3) is 9.15. The first-order chi connectivity index (χ1) is 15.4. The van der Waals surface area contributed by atoms with E-state index < -0.39 is 0 Å². The molecule has 4 nitrogen and oxygen atoms in total. The maximum absolute atomic E-state index is 13.5. The maximum Gasteiger partial charge on any atom is 0.242 e. The van der Waals surface area contributed by atoms with Gasteiger partial charge in [-0.25, -0.2) is 0 Å². The van der Waals surface area contributed by atoms with Crippen LogP contribution in [0.3, 0.4) is 0 Å². The van der Waals surface area contributed by atoms with Crippen LogP contribution >= 0.6 is 11.3 Å². The van der Waals surface area contributed by atoms with Crippen LogP contribution < -0.4 is 0 Å². The minimum Gasteiger partial charge on any atom is -0.333 e. The molecule has 0 saturated heterocycles. The van der Waals surface area contributed by atoms with Crippen molar-refractivity contribution >= 4 is 23.2 Å². The molecule has 1 atom stereocenters. The number of thiophene rings is 1. The highest BCUT2D eigenvalue weighted by molar-refractivity contribution is 7.11. The molecule has 0 bridgehead atoms. The average molecular weight is 457 g/mol. The summed E-state index contributed by atoms with van der Waals surface area (Å²) in [6.45, 7) is 10.5. The Morgan fingerprint density at radius 3 is 2.28 bits per heavy atom. The number of carbonyl (C=O) groups is 2. The van der Waals surface area contributed by atoms with Gasteiger partial charge in [0.25, 0.3) is 0 Å². The SMILES string of the molecule is CCCCCCC(=O)N(CC(=O)N(Cc1ccccc1)Cc1ccc(C)s1)C[C@H](C)CC. The number of benzene rings is 1. The van der Waals surface area contributed by atoms with E-state index in [1.54, 1.807) is 16.2 Å². The third-order valence-corrected chi connectivity index (χ3v) is 6.85. The Hall–Kier alpha value is -2.14. The van der Waals surface area contributed by atoms with Gasteiger partial charge in [0, 0.05) is 29.3 Å². The Morgan fingerprint density at radius 1 is 0.906 bits per heavy atom. The minimum atomic E-state index is 0.0186. The Balaban J connectivity index is 2.12. The number of unbranched alkanes of at least 4 members (excludes halogenated alkanes) is 3. The second kappa shape index (κ2) is 14.1. The molecular formula is C27H40N2O2S. The van der Waals surface area contributed by atoms with Gasteiger partial charge in [-0.1, -0.05) is 76.8 Å². The lowest BCUT2D eigenvalue weighted by Gasteiger charge is -2.29. The molecular weight excluding hydrogens is 416 g/mol. The molecule has 0 aliphatic heterocycles. The molecule has 0 saturated carbocycles. The third-order valence-electron chi connectivity index (χ3n) is 5.86. The van der Waals surface area contributed by atoms with E-state index in [0.29, 0.717) is 32.0 Å². The predicted molar refractivity (Wildman–Crippen MR) is 135 cm³/mol. The molecule has 0 fully saturated rings. The Morgan fingerprint density at radius 2 is 1.66 bits per heavy atom. The molecule has 1 heterocycles. The molecule has 2 amide bonds. The van der Waals surface area contributed by atoms with Crippen molar-refractivity contribution in [3.63, 3.8) is 0 Å². The van der Waals surface area contributed by atoms with Gasteiger partial charge in [-0.2, -0.15) is 0 Å². The van der Waals surface area contributed by atoms with E-state index in [1.807, 2.05) is 23.1 Å². The van der Waals surface area contributed by atoms with Crippen molar-refractivity contribution in [1.82, 2.24) is 9.80 Å². The highest BCUT2D eigenvalue weighted by atomic mass is 32.1. The standard InChI is InChI=1S/C27H40N2O2S/c1-5-7-8-12-15-26(30)28(18-22(3)6-2)21-27(31)29(19-24-13-10-9-11-14-24)20-25-17-16-23(4)32-25/h9-11,13-14,16-17,22H,5-8,12,15,18-21H2,1-4H3/t22-/m1/s1. The van der Waals surface area contributed by atoms with E-state index in [0.717, 1.165) is 37.7 Å². The number of nitrogens with zero attached hydrogens (tertiary/aromatic N) is 2. The van der Waals surface area contributed by atoms with Crippen LogP contribution in [0.4, 0.5) is 0 Å². The van der Waals surface area contributed by atoms with Crippen molar-refractivity contribution in [2.24, 2.45) is 5.92 Å². The van der Waals surface area contributed by atoms with Crippen molar-refractivity contribution in [2.45, 2.75) is 79.3 Å². The lowest BCUT2D eigenvalue weighted by atomic mass is 10.1. The van der Waals surface area contributed by atoms with E-state index in [2.05, 4.69) is 52.0 Å². The molecule has 1 aromatic carbocycles. The summed E-state index contributed by atoms with van der Waals surface area (Å²) in [4.78, 5) is 32.6. The van der Waals surface area contributed by atoms with Crippen LogP contribution in [0.1, 0.15) is 74.6 Å². The summed E-state index contributed by atoms with van der Waals surface area (Å²) in [5.41, 5.74) is 1.11. The van der Waals surface area contributed by atoms with E-state index in [4.69, 9.17) is 0 Å². The average Bonchev–Trinajstić information content (AvgIpc) is 3.20. The first-order valence-corrected chi connectivity index (χ1v) is 12.9. The van der Waals surface area contributed by atoms with Crippen LogP contribution in [0.5, 0.6) is 0 Å². The topological polar surface area (TPSA) is 40.6 Å². The van der Waals surface area contributed by atoms with Gasteiger partial charge < -0.3 is 9.80 Å².